The SMILES string of the molecule is CC1CCCCN1C(=O)CN1CCN(C(=O)Nc2ccc(-c3n[nH]c(C4CC4)n3)cc2)CC1. The average Bonchev–Trinajstić information content (AvgIpc) is 3.57. The molecule has 0 bridgehead atoms. The molecule has 2 saturated heterocycles. The van der Waals surface area contributed by atoms with Crippen molar-refractivity contribution in [3.8, 4) is 11.4 Å². The second-order valence-corrected chi connectivity index (χ2v) is 9.52. The highest BCUT2D eigenvalue weighted by Crippen LogP contribution is 2.38. The molecule has 0 spiro atoms. The third kappa shape index (κ3) is 5.19. The number of hydrogen-bond donors (Lipinski definition) is 2. The van der Waals surface area contributed by atoms with Gasteiger partial charge < -0.3 is 15.1 Å². The number of anilines is 1. The number of nitrogens with zero attached hydrogens (tertiary/aromatic N) is 5. The lowest BCUT2D eigenvalue weighted by Gasteiger charge is -2.38. The molecule has 1 aromatic carbocycles. The van der Waals surface area contributed by atoms with E-state index in [1.807, 2.05) is 34.1 Å². The topological polar surface area (TPSA) is 97.5 Å². The summed E-state index contributed by atoms with van der Waals surface area (Å²) in [5.74, 6) is 2.42. The van der Waals surface area contributed by atoms with Crippen molar-refractivity contribution in [1.29, 1.82) is 0 Å². The minimum absolute atomic E-state index is 0.104. The Kier molecular flexibility index (Phi) is 6.30. The van der Waals surface area contributed by atoms with E-state index >= 15 is 0 Å². The van der Waals surface area contributed by atoms with Crippen LogP contribution in [0.5, 0.6) is 0 Å². The lowest BCUT2D eigenvalue weighted by atomic mass is 10.0. The van der Waals surface area contributed by atoms with E-state index in [2.05, 4.69) is 32.3 Å². The number of rotatable bonds is 5. The van der Waals surface area contributed by atoms with Crippen molar-refractivity contribution in [2.24, 2.45) is 0 Å². The molecule has 0 radical (unpaired) electrons. The molecule has 2 aromatic rings. The van der Waals surface area contributed by atoms with Crippen molar-refractivity contribution >= 4 is 17.6 Å². The number of benzene rings is 1. The van der Waals surface area contributed by atoms with Crippen molar-refractivity contribution in [2.75, 3.05) is 44.6 Å². The predicted molar refractivity (Wildman–Crippen MR) is 126 cm³/mol. The van der Waals surface area contributed by atoms with E-state index in [-0.39, 0.29) is 11.9 Å². The maximum absolute atomic E-state index is 12.7. The van der Waals surface area contributed by atoms with Crippen LogP contribution in [0.2, 0.25) is 0 Å². The summed E-state index contributed by atoms with van der Waals surface area (Å²) < 4.78 is 0. The highest BCUT2D eigenvalue weighted by Gasteiger charge is 2.28. The van der Waals surface area contributed by atoms with Crippen LogP contribution in [-0.4, -0.2) is 87.1 Å². The summed E-state index contributed by atoms with van der Waals surface area (Å²) in [5.41, 5.74) is 1.68. The standard InChI is InChI=1S/C24H33N7O2/c1-17-4-2-3-11-31(17)21(32)16-29-12-14-30(15-13-29)24(33)25-20-9-7-19(8-10-20)23-26-22(27-28-23)18-5-6-18/h7-10,17-18H,2-6,11-16H2,1H3,(H,25,33)(H,26,27,28). The largest absolute Gasteiger partial charge is 0.339 e. The van der Waals surface area contributed by atoms with Crippen molar-refractivity contribution < 1.29 is 9.59 Å². The maximum Gasteiger partial charge on any atom is 0.321 e. The quantitative estimate of drug-likeness (QED) is 0.729. The molecule has 2 aliphatic heterocycles. The number of aromatic amines is 1. The van der Waals surface area contributed by atoms with Gasteiger partial charge in [-0.05, 0) is 63.3 Å². The fraction of sp³-hybridized carbons (Fsp3) is 0.583. The molecule has 3 heterocycles. The van der Waals surface area contributed by atoms with Crippen molar-refractivity contribution in [3.63, 3.8) is 0 Å². The first-order valence-corrected chi connectivity index (χ1v) is 12.2. The van der Waals surface area contributed by atoms with Crippen LogP contribution in [-0.2, 0) is 4.79 Å². The second kappa shape index (κ2) is 9.51. The molecule has 5 rings (SSSR count). The number of H-pyrrole nitrogens is 1. The molecule has 33 heavy (non-hydrogen) atoms. The summed E-state index contributed by atoms with van der Waals surface area (Å²) in [4.78, 5) is 36.0. The molecule has 9 nitrogen and oxygen atoms in total. The number of urea groups is 1. The second-order valence-electron chi connectivity index (χ2n) is 9.52. The Morgan fingerprint density at radius 2 is 1.79 bits per heavy atom. The Morgan fingerprint density at radius 3 is 2.48 bits per heavy atom. The summed E-state index contributed by atoms with van der Waals surface area (Å²) in [5, 5.41) is 10.3. The zero-order valence-electron chi connectivity index (χ0n) is 19.3. The Balaban J connectivity index is 1.09. The van der Waals surface area contributed by atoms with E-state index in [1.165, 1.54) is 19.3 Å². The summed E-state index contributed by atoms with van der Waals surface area (Å²) in [7, 11) is 0. The fourth-order valence-electron chi connectivity index (χ4n) is 4.71. The smallest absolute Gasteiger partial charge is 0.321 e. The molecule has 176 valence electrons. The number of nitrogens with one attached hydrogen (secondary N) is 2. The molecule has 1 unspecified atom stereocenters. The van der Waals surface area contributed by atoms with Crippen LogP contribution in [0.4, 0.5) is 10.5 Å². The molecule has 2 N–H and O–H groups in total. The highest BCUT2D eigenvalue weighted by molar-refractivity contribution is 5.89. The van der Waals surface area contributed by atoms with Gasteiger partial charge in [0, 0.05) is 55.9 Å². The number of piperidine rings is 1. The van der Waals surface area contributed by atoms with E-state index in [1.54, 1.807) is 0 Å². The summed E-state index contributed by atoms with van der Waals surface area (Å²) in [6.07, 6.45) is 5.78. The van der Waals surface area contributed by atoms with E-state index in [9.17, 15) is 9.59 Å². The molecule has 1 atom stereocenters. The molecule has 1 saturated carbocycles. The Morgan fingerprint density at radius 1 is 1.03 bits per heavy atom. The summed E-state index contributed by atoms with van der Waals surface area (Å²) in [6.45, 7) is 6.14. The van der Waals surface area contributed by atoms with E-state index in [0.29, 0.717) is 50.5 Å². The zero-order valence-corrected chi connectivity index (χ0v) is 19.3. The number of aromatic nitrogens is 3. The van der Waals surface area contributed by atoms with Crippen LogP contribution in [0.15, 0.2) is 24.3 Å². The zero-order chi connectivity index (χ0) is 22.8. The van der Waals surface area contributed by atoms with Gasteiger partial charge in [0.05, 0.1) is 6.54 Å². The summed E-state index contributed by atoms with van der Waals surface area (Å²) >= 11 is 0. The first-order valence-electron chi connectivity index (χ1n) is 12.2. The number of carbonyl (C=O) groups is 2. The van der Waals surface area contributed by atoms with Gasteiger partial charge >= 0.3 is 6.03 Å². The van der Waals surface area contributed by atoms with Gasteiger partial charge in [-0.3, -0.25) is 14.8 Å². The van der Waals surface area contributed by atoms with Crippen LogP contribution in [0.1, 0.15) is 50.8 Å². The normalized spacial score (nSPS) is 21.8. The third-order valence-electron chi connectivity index (χ3n) is 7.00. The van der Waals surface area contributed by atoms with Gasteiger partial charge in [-0.1, -0.05) is 0 Å². The minimum atomic E-state index is -0.104. The first kappa shape index (κ1) is 21.9. The predicted octanol–water partition coefficient (Wildman–Crippen LogP) is 2.90. The molecular formula is C24H33N7O2. The highest BCUT2D eigenvalue weighted by atomic mass is 16.2. The number of carbonyl (C=O) groups excluding carboxylic acids is 2. The number of hydrogen-bond acceptors (Lipinski definition) is 5. The molecule has 9 heteroatoms. The first-order chi connectivity index (χ1) is 16.1. The van der Waals surface area contributed by atoms with Gasteiger partial charge in [0.15, 0.2) is 5.82 Å². The Hall–Kier alpha value is -2.94. The molecule has 3 aliphatic rings. The van der Waals surface area contributed by atoms with Crippen LogP contribution in [0.3, 0.4) is 0 Å². The maximum atomic E-state index is 12.7. The number of amides is 3. The summed E-state index contributed by atoms with van der Waals surface area (Å²) in [6, 6.07) is 7.87. The molecule has 1 aromatic heterocycles. The third-order valence-corrected chi connectivity index (χ3v) is 7.00. The minimum Gasteiger partial charge on any atom is -0.339 e. The average molecular weight is 452 g/mol. The van der Waals surface area contributed by atoms with Gasteiger partial charge in [0.2, 0.25) is 5.91 Å². The molecule has 1 aliphatic carbocycles. The molecule has 3 fully saturated rings. The van der Waals surface area contributed by atoms with Gasteiger partial charge in [-0.2, -0.15) is 5.10 Å². The van der Waals surface area contributed by atoms with Gasteiger partial charge in [-0.15, -0.1) is 0 Å². The van der Waals surface area contributed by atoms with Crippen LogP contribution in [0, 0.1) is 0 Å². The van der Waals surface area contributed by atoms with Crippen molar-refractivity contribution in [3.05, 3.63) is 30.1 Å². The molecule has 3 amide bonds. The van der Waals surface area contributed by atoms with Crippen molar-refractivity contribution in [1.82, 2.24) is 29.9 Å². The fourth-order valence-corrected chi connectivity index (χ4v) is 4.71. The number of piperazine rings is 1. The van der Waals surface area contributed by atoms with Crippen molar-refractivity contribution in [2.45, 2.75) is 51.0 Å². The van der Waals surface area contributed by atoms with E-state index < -0.39 is 0 Å². The number of likely N-dealkylation sites (tertiary alicyclic amines) is 1. The van der Waals surface area contributed by atoms with Gasteiger partial charge in [0.1, 0.15) is 5.82 Å². The van der Waals surface area contributed by atoms with E-state index in [0.717, 1.165) is 36.5 Å². The van der Waals surface area contributed by atoms with Gasteiger partial charge in [-0.25, -0.2) is 9.78 Å². The van der Waals surface area contributed by atoms with Crippen LogP contribution in [0.25, 0.3) is 11.4 Å². The monoisotopic (exact) mass is 451 g/mol. The van der Waals surface area contributed by atoms with Gasteiger partial charge in [0.25, 0.3) is 0 Å². The van der Waals surface area contributed by atoms with Crippen LogP contribution >= 0.6 is 0 Å². The molecular weight excluding hydrogens is 418 g/mol. The Bertz CT molecular complexity index is 977. The lowest BCUT2D eigenvalue weighted by Crippen LogP contribution is -2.53. The van der Waals surface area contributed by atoms with Crippen LogP contribution < -0.4 is 5.32 Å². The van der Waals surface area contributed by atoms with E-state index in [4.69, 9.17) is 0 Å². The Labute approximate surface area is 194 Å². The lowest BCUT2D eigenvalue weighted by molar-refractivity contribution is -0.136.